The molecule has 0 atom stereocenters. The van der Waals surface area contributed by atoms with E-state index >= 15 is 0 Å². The van der Waals surface area contributed by atoms with Crippen molar-refractivity contribution in [2.24, 2.45) is 0 Å². The van der Waals surface area contributed by atoms with Gasteiger partial charge in [0.2, 0.25) is 0 Å². The lowest BCUT2D eigenvalue weighted by Crippen LogP contribution is -2.33. The predicted molar refractivity (Wildman–Crippen MR) is 101 cm³/mol. The minimum atomic E-state index is -1.05. The van der Waals surface area contributed by atoms with Crippen LogP contribution in [0.25, 0.3) is 0 Å². The Morgan fingerprint density at radius 3 is 2.08 bits per heavy atom. The first-order valence-corrected chi connectivity index (χ1v) is 8.66. The van der Waals surface area contributed by atoms with Gasteiger partial charge in [-0.1, -0.05) is 0 Å². The van der Waals surface area contributed by atoms with Gasteiger partial charge in [0, 0.05) is 32.8 Å². The van der Waals surface area contributed by atoms with Gasteiger partial charge >= 0.3 is 5.71 Å². The Morgan fingerprint density at radius 1 is 1.08 bits per heavy atom. The fourth-order valence-electron chi connectivity index (χ4n) is 2.56. The zero-order valence-electron chi connectivity index (χ0n) is 15.3. The molecule has 6 heteroatoms. The van der Waals surface area contributed by atoms with Gasteiger partial charge in [0.25, 0.3) is 6.72 Å². The quantitative estimate of drug-likeness (QED) is 0.376. The van der Waals surface area contributed by atoms with Gasteiger partial charge in [-0.25, -0.2) is 0 Å². The number of ether oxygens (including phenoxy) is 1. The van der Waals surface area contributed by atoms with Crippen LogP contribution < -0.4 is 9.40 Å². The molecule has 0 aromatic heterocycles. The highest BCUT2D eigenvalue weighted by molar-refractivity contribution is 6.05. The molecular weight excluding hydrogens is 320 g/mol. The van der Waals surface area contributed by atoms with E-state index in [1.54, 1.807) is 13.8 Å². The van der Waals surface area contributed by atoms with Gasteiger partial charge in [0.1, 0.15) is 12.4 Å². The minimum absolute atomic E-state index is 0.162. The average Bonchev–Trinajstić information content (AvgIpc) is 2.57. The van der Waals surface area contributed by atoms with Crippen molar-refractivity contribution in [3.8, 4) is 5.75 Å². The summed E-state index contributed by atoms with van der Waals surface area (Å²) in [6, 6.07) is 7.40. The molecule has 140 valence electrons. The van der Waals surface area contributed by atoms with Crippen LogP contribution >= 0.6 is 0 Å². The fraction of sp³-hybridized carbons (Fsp3) is 0.579. The molecule has 0 unspecified atom stereocenters. The summed E-state index contributed by atoms with van der Waals surface area (Å²) >= 11 is 0. The topological polar surface area (TPSA) is 87.3 Å². The normalized spacial score (nSPS) is 11.4. The molecule has 0 heterocycles. The van der Waals surface area contributed by atoms with Crippen molar-refractivity contribution in [3.63, 3.8) is 0 Å². The maximum Gasteiger partial charge on any atom is 0.340 e. The molecule has 25 heavy (non-hydrogen) atoms. The molecule has 0 aliphatic heterocycles. The monoisotopic (exact) mass is 351 g/mol. The zero-order valence-corrected chi connectivity index (χ0v) is 15.3. The van der Waals surface area contributed by atoms with E-state index in [9.17, 15) is 5.11 Å². The molecule has 1 aromatic carbocycles. The number of aliphatic hydroxyl groups is 3. The number of hydrogen-bond donors (Lipinski definition) is 3. The molecule has 0 bridgehead atoms. The number of benzene rings is 1. The highest BCUT2D eigenvalue weighted by Crippen LogP contribution is 2.16. The molecule has 1 rings (SSSR count). The number of rotatable bonds is 12. The van der Waals surface area contributed by atoms with Crippen molar-refractivity contribution in [1.82, 2.24) is 9.57 Å². The summed E-state index contributed by atoms with van der Waals surface area (Å²) in [4.78, 5) is 2.17. The highest BCUT2D eigenvalue weighted by atomic mass is 16.5. The lowest BCUT2D eigenvalue weighted by atomic mass is 9.96. The van der Waals surface area contributed by atoms with Crippen LogP contribution in [0.1, 0.15) is 32.3 Å². The Labute approximate surface area is 150 Å². The van der Waals surface area contributed by atoms with Crippen LogP contribution in [0.3, 0.4) is 0 Å². The third-order valence-corrected chi connectivity index (χ3v) is 3.81. The molecule has 1 aromatic rings. The van der Waals surface area contributed by atoms with Crippen LogP contribution in [0.15, 0.2) is 24.3 Å². The summed E-state index contributed by atoms with van der Waals surface area (Å²) in [5.41, 5.74) is 0.282. The number of nitrogens with zero attached hydrogens (tertiary/aromatic N) is 2. The van der Waals surface area contributed by atoms with E-state index in [0.717, 1.165) is 30.9 Å². The van der Waals surface area contributed by atoms with Crippen LogP contribution in [0, 0.1) is 0 Å². The fourth-order valence-corrected chi connectivity index (χ4v) is 2.56. The summed E-state index contributed by atoms with van der Waals surface area (Å²) in [6.45, 7) is 10.0. The van der Waals surface area contributed by atoms with Gasteiger partial charge in [0.05, 0.1) is 5.56 Å². The predicted octanol–water partition coefficient (Wildman–Crippen LogP) is 0.460. The van der Waals surface area contributed by atoms with Crippen molar-refractivity contribution in [3.05, 3.63) is 29.8 Å². The molecule has 3 N–H and O–H groups in total. The van der Waals surface area contributed by atoms with Crippen LogP contribution in [0.2, 0.25) is 0 Å². The molecule has 0 aliphatic carbocycles. The van der Waals surface area contributed by atoms with E-state index < -0.39 is 5.60 Å². The lowest BCUT2D eigenvalue weighted by molar-refractivity contribution is 0.154. The summed E-state index contributed by atoms with van der Waals surface area (Å²) in [5, 5.41) is 28.0. The smallest absolute Gasteiger partial charge is 0.340 e. The Morgan fingerprint density at radius 2 is 1.64 bits per heavy atom. The molecular formula is C19H31N2O4+. The van der Waals surface area contributed by atoms with E-state index in [-0.39, 0.29) is 13.2 Å². The minimum Gasteiger partial charge on any atom is -0.492 e. The molecule has 6 nitrogen and oxygen atoms in total. The summed E-state index contributed by atoms with van der Waals surface area (Å²) in [7, 11) is 0. The molecule has 0 fully saturated rings. The van der Waals surface area contributed by atoms with Crippen molar-refractivity contribution < 1.29 is 20.1 Å². The van der Waals surface area contributed by atoms with Gasteiger partial charge in [-0.15, -0.1) is 4.67 Å². The molecule has 0 amide bonds. The summed E-state index contributed by atoms with van der Waals surface area (Å²) in [6.07, 6.45) is 1.43. The SMILES string of the molecule is C=[N+]=C(c1ccc(OCCN(CCCO)CCCO)cc1)C(C)(C)O. The van der Waals surface area contributed by atoms with Crippen molar-refractivity contribution >= 4 is 12.4 Å². The van der Waals surface area contributed by atoms with Crippen LogP contribution in [0.4, 0.5) is 0 Å². The standard InChI is InChI=1S/C19H31N2O4/c1-19(2,24)18(20-3)16-6-8-17(9-7-16)25-15-12-21(10-4-13-22)11-5-14-23/h6-9,22-24H,3-5,10-15H2,1-2H3/q+1. The second kappa shape index (κ2) is 11.0. The Balaban J connectivity index is 2.56. The Kier molecular flexibility index (Phi) is 9.42. The molecule has 0 radical (unpaired) electrons. The van der Waals surface area contributed by atoms with Crippen LogP contribution in [-0.2, 0) is 0 Å². The average molecular weight is 351 g/mol. The Bertz CT molecular complexity index is 538. The van der Waals surface area contributed by atoms with E-state index in [0.29, 0.717) is 25.2 Å². The first kappa shape index (κ1) is 21.4. The number of aliphatic hydroxyl groups excluding tert-OH is 2. The first-order valence-electron chi connectivity index (χ1n) is 8.66. The molecule has 0 saturated heterocycles. The highest BCUT2D eigenvalue weighted by Gasteiger charge is 2.31. The second-order valence-corrected chi connectivity index (χ2v) is 6.43. The van der Waals surface area contributed by atoms with Gasteiger partial charge in [-0.3, -0.25) is 4.90 Å². The van der Waals surface area contributed by atoms with E-state index in [4.69, 9.17) is 14.9 Å². The lowest BCUT2D eigenvalue weighted by Gasteiger charge is -2.21. The number of hydrogen-bond acceptors (Lipinski definition) is 5. The van der Waals surface area contributed by atoms with Gasteiger partial charge in [-0.2, -0.15) is 0 Å². The zero-order chi connectivity index (χ0) is 18.7. The summed E-state index contributed by atoms with van der Waals surface area (Å²) < 4.78 is 9.70. The molecule has 0 spiro atoms. The largest absolute Gasteiger partial charge is 0.492 e. The van der Waals surface area contributed by atoms with Crippen molar-refractivity contribution in [1.29, 1.82) is 0 Å². The maximum absolute atomic E-state index is 10.1. The summed E-state index contributed by atoms with van der Waals surface area (Å²) in [5.74, 6) is 0.743. The first-order chi connectivity index (χ1) is 11.9. The van der Waals surface area contributed by atoms with Gasteiger partial charge in [0.15, 0.2) is 5.60 Å². The molecule has 0 aliphatic rings. The Hall–Kier alpha value is -1.69. The maximum atomic E-state index is 10.1. The van der Waals surface area contributed by atoms with Gasteiger partial charge in [-0.05, 0) is 51.0 Å². The van der Waals surface area contributed by atoms with Crippen LogP contribution in [0.5, 0.6) is 5.75 Å². The third kappa shape index (κ3) is 7.82. The third-order valence-electron chi connectivity index (χ3n) is 3.81. The van der Waals surface area contributed by atoms with Crippen LogP contribution in [-0.4, -0.2) is 77.7 Å². The van der Waals surface area contributed by atoms with E-state index in [2.05, 4.69) is 16.3 Å². The van der Waals surface area contributed by atoms with Gasteiger partial charge < -0.3 is 20.1 Å². The van der Waals surface area contributed by atoms with E-state index in [1.165, 1.54) is 0 Å². The molecule has 0 saturated carbocycles. The second-order valence-electron chi connectivity index (χ2n) is 6.43. The van der Waals surface area contributed by atoms with Crippen molar-refractivity contribution in [2.45, 2.75) is 32.3 Å². The van der Waals surface area contributed by atoms with Crippen molar-refractivity contribution in [2.75, 3.05) is 39.5 Å². The van der Waals surface area contributed by atoms with E-state index in [1.807, 2.05) is 24.3 Å².